The van der Waals surface area contributed by atoms with Crippen molar-refractivity contribution in [3.8, 4) is 5.75 Å². The number of methoxy groups -OCH3 is 1. The van der Waals surface area contributed by atoms with Crippen molar-refractivity contribution in [2.24, 2.45) is 0 Å². The van der Waals surface area contributed by atoms with Crippen molar-refractivity contribution in [1.29, 1.82) is 0 Å². The molecule has 3 aromatic rings. The molecule has 0 unspecified atom stereocenters. The van der Waals surface area contributed by atoms with E-state index in [4.69, 9.17) is 17.0 Å². The van der Waals surface area contributed by atoms with Gasteiger partial charge in [-0.1, -0.05) is 29.8 Å². The molecule has 0 aromatic heterocycles. The molecule has 3 aromatic carbocycles. The Morgan fingerprint density at radius 1 is 0.971 bits per heavy atom. The van der Waals surface area contributed by atoms with E-state index in [1.807, 2.05) is 38.1 Å². The number of carbonyl (C=O) groups is 1. The van der Waals surface area contributed by atoms with Crippen molar-refractivity contribution in [1.82, 2.24) is 5.32 Å². The summed E-state index contributed by atoms with van der Waals surface area (Å²) in [6, 6.07) is 18.8. The van der Waals surface area contributed by atoms with Crippen LogP contribution in [0.25, 0.3) is 6.08 Å². The first-order valence-electron chi connectivity index (χ1n) is 10.3. The number of hydrogen-bond acceptors (Lipinski definition) is 5. The number of amides is 1. The largest absolute Gasteiger partial charge is 0.497 e. The lowest BCUT2D eigenvalue weighted by atomic mass is 10.1. The summed E-state index contributed by atoms with van der Waals surface area (Å²) in [7, 11) is -2.16. The molecule has 0 fully saturated rings. The summed E-state index contributed by atoms with van der Waals surface area (Å²) in [5, 5.41) is 5.50. The Morgan fingerprint density at radius 3 is 2.26 bits per heavy atom. The Bertz CT molecular complexity index is 1320. The van der Waals surface area contributed by atoms with E-state index in [-0.39, 0.29) is 10.0 Å². The van der Waals surface area contributed by atoms with Gasteiger partial charge in [0.25, 0.3) is 10.0 Å². The maximum Gasteiger partial charge on any atom is 0.261 e. The molecule has 176 valence electrons. The summed E-state index contributed by atoms with van der Waals surface area (Å²) in [5.74, 6) is 0.331. The molecule has 1 amide bonds. The molecular formula is C25H25N3O4S2. The van der Waals surface area contributed by atoms with Gasteiger partial charge in [0, 0.05) is 11.8 Å². The van der Waals surface area contributed by atoms with E-state index in [1.54, 1.807) is 43.5 Å². The molecule has 0 radical (unpaired) electrons. The van der Waals surface area contributed by atoms with Crippen LogP contribution in [-0.2, 0) is 14.8 Å². The molecule has 0 spiro atoms. The van der Waals surface area contributed by atoms with Crippen LogP contribution in [0.5, 0.6) is 5.75 Å². The average molecular weight is 496 g/mol. The van der Waals surface area contributed by atoms with Gasteiger partial charge in [-0.25, -0.2) is 8.42 Å². The van der Waals surface area contributed by atoms with Gasteiger partial charge >= 0.3 is 0 Å². The molecule has 0 aliphatic carbocycles. The van der Waals surface area contributed by atoms with E-state index < -0.39 is 15.9 Å². The van der Waals surface area contributed by atoms with Crippen molar-refractivity contribution in [2.75, 3.05) is 17.1 Å². The highest BCUT2D eigenvalue weighted by Crippen LogP contribution is 2.22. The minimum absolute atomic E-state index is 0.0911. The van der Waals surface area contributed by atoms with Crippen LogP contribution in [0.1, 0.15) is 16.7 Å². The standard InChI is InChI=1S/C25H25N3O4S2/c1-17-4-14-23(18(2)16-17)28-34(30,31)22-12-8-20(9-13-22)26-25(33)27-24(29)15-7-19-5-10-21(32-3)11-6-19/h4-16,28H,1-3H3,(H2,26,27,29,33)/b15-7+. The predicted octanol–water partition coefficient (Wildman–Crippen LogP) is 4.64. The maximum atomic E-state index is 12.7. The third kappa shape index (κ3) is 6.90. The number of sulfonamides is 1. The van der Waals surface area contributed by atoms with E-state index in [9.17, 15) is 13.2 Å². The number of ether oxygens (including phenoxy) is 1. The molecule has 3 rings (SSSR count). The van der Waals surface area contributed by atoms with Gasteiger partial charge < -0.3 is 10.1 Å². The Balaban J connectivity index is 1.57. The third-order valence-corrected chi connectivity index (χ3v) is 6.41. The predicted molar refractivity (Wildman–Crippen MR) is 140 cm³/mol. The number of thiocarbonyl (C=S) groups is 1. The molecule has 7 nitrogen and oxygen atoms in total. The molecule has 0 heterocycles. The molecule has 9 heteroatoms. The summed E-state index contributed by atoms with van der Waals surface area (Å²) in [4.78, 5) is 12.2. The van der Waals surface area contributed by atoms with Crippen LogP contribution in [0.15, 0.2) is 77.7 Å². The molecule has 0 saturated heterocycles. The zero-order valence-corrected chi connectivity index (χ0v) is 20.6. The van der Waals surface area contributed by atoms with Crippen LogP contribution in [0.3, 0.4) is 0 Å². The fourth-order valence-corrected chi connectivity index (χ4v) is 4.40. The second-order valence-electron chi connectivity index (χ2n) is 7.50. The number of nitrogens with one attached hydrogen (secondary N) is 3. The van der Waals surface area contributed by atoms with Crippen LogP contribution >= 0.6 is 12.2 Å². The summed E-state index contributed by atoms with van der Waals surface area (Å²) >= 11 is 5.17. The number of carbonyl (C=O) groups excluding carboxylic acids is 1. The third-order valence-electron chi connectivity index (χ3n) is 4.83. The number of anilines is 2. The van der Waals surface area contributed by atoms with Crippen molar-refractivity contribution in [3.63, 3.8) is 0 Å². The molecule has 0 aliphatic heterocycles. The van der Waals surface area contributed by atoms with Gasteiger partial charge in [0.15, 0.2) is 5.11 Å². The lowest BCUT2D eigenvalue weighted by molar-refractivity contribution is -0.115. The van der Waals surface area contributed by atoms with Gasteiger partial charge in [0.1, 0.15) is 5.75 Å². The summed E-state index contributed by atoms with van der Waals surface area (Å²) < 4.78 is 33.1. The molecule has 0 aliphatic rings. The van der Waals surface area contributed by atoms with Gasteiger partial charge in [-0.05, 0) is 85.7 Å². The normalized spacial score (nSPS) is 11.1. The Labute approximate surface area is 204 Å². The summed E-state index contributed by atoms with van der Waals surface area (Å²) in [6.07, 6.45) is 3.02. The quantitative estimate of drug-likeness (QED) is 0.326. The van der Waals surface area contributed by atoms with Gasteiger partial charge in [0.05, 0.1) is 17.7 Å². The molecule has 34 heavy (non-hydrogen) atoms. The van der Waals surface area contributed by atoms with Crippen molar-refractivity contribution < 1.29 is 17.9 Å². The second kappa shape index (κ2) is 11.0. The zero-order chi connectivity index (χ0) is 24.7. The second-order valence-corrected chi connectivity index (χ2v) is 9.59. The SMILES string of the molecule is COc1ccc(/C=C/C(=O)NC(=S)Nc2ccc(S(=O)(=O)Nc3ccc(C)cc3C)cc2)cc1. The number of hydrogen-bond donors (Lipinski definition) is 3. The van der Waals surface area contributed by atoms with E-state index in [0.717, 1.165) is 22.4 Å². The van der Waals surface area contributed by atoms with Crippen molar-refractivity contribution in [3.05, 3.63) is 89.5 Å². The molecule has 0 atom stereocenters. The van der Waals surface area contributed by atoms with Gasteiger partial charge in [0.2, 0.25) is 5.91 Å². The first kappa shape index (κ1) is 24.9. The first-order valence-corrected chi connectivity index (χ1v) is 12.2. The van der Waals surface area contributed by atoms with E-state index >= 15 is 0 Å². The topological polar surface area (TPSA) is 96.5 Å². The summed E-state index contributed by atoms with van der Waals surface area (Å²) in [5.41, 5.74) is 3.79. The van der Waals surface area contributed by atoms with E-state index in [0.29, 0.717) is 11.4 Å². The van der Waals surface area contributed by atoms with Crippen LogP contribution in [0.4, 0.5) is 11.4 Å². The highest BCUT2D eigenvalue weighted by atomic mass is 32.2. The fraction of sp³-hybridized carbons (Fsp3) is 0.120. The maximum absolute atomic E-state index is 12.7. The number of benzene rings is 3. The minimum Gasteiger partial charge on any atom is -0.497 e. The minimum atomic E-state index is -3.75. The number of rotatable bonds is 7. The van der Waals surface area contributed by atoms with Crippen LogP contribution < -0.4 is 20.1 Å². The Morgan fingerprint density at radius 2 is 1.65 bits per heavy atom. The van der Waals surface area contributed by atoms with Crippen LogP contribution in [0, 0.1) is 13.8 Å². The molecule has 3 N–H and O–H groups in total. The fourth-order valence-electron chi connectivity index (χ4n) is 3.05. The highest BCUT2D eigenvalue weighted by molar-refractivity contribution is 7.92. The summed E-state index contributed by atoms with van der Waals surface area (Å²) in [6.45, 7) is 3.79. The smallest absolute Gasteiger partial charge is 0.261 e. The Hall–Kier alpha value is -3.69. The monoisotopic (exact) mass is 495 g/mol. The number of aryl methyl sites for hydroxylation is 2. The zero-order valence-electron chi connectivity index (χ0n) is 19.0. The van der Waals surface area contributed by atoms with Crippen LogP contribution in [0.2, 0.25) is 0 Å². The first-order chi connectivity index (χ1) is 16.2. The van der Waals surface area contributed by atoms with E-state index in [2.05, 4.69) is 15.4 Å². The van der Waals surface area contributed by atoms with Crippen molar-refractivity contribution in [2.45, 2.75) is 18.7 Å². The Kier molecular flexibility index (Phi) is 8.04. The lowest BCUT2D eigenvalue weighted by Crippen LogP contribution is -2.32. The molecule has 0 saturated carbocycles. The average Bonchev–Trinajstić information content (AvgIpc) is 2.80. The van der Waals surface area contributed by atoms with E-state index in [1.165, 1.54) is 18.2 Å². The highest BCUT2D eigenvalue weighted by Gasteiger charge is 2.15. The van der Waals surface area contributed by atoms with Crippen molar-refractivity contribution >= 4 is 50.7 Å². The molecular weight excluding hydrogens is 470 g/mol. The van der Waals surface area contributed by atoms with Gasteiger partial charge in [-0.15, -0.1) is 0 Å². The lowest BCUT2D eigenvalue weighted by Gasteiger charge is -2.12. The molecule has 0 bridgehead atoms. The van der Waals surface area contributed by atoms with Crippen LogP contribution in [-0.4, -0.2) is 26.5 Å². The van der Waals surface area contributed by atoms with Gasteiger partial charge in [-0.3, -0.25) is 14.8 Å². The van der Waals surface area contributed by atoms with Gasteiger partial charge in [-0.2, -0.15) is 0 Å².